The number of aliphatic hydroxyl groups excluding tert-OH is 1. The van der Waals surface area contributed by atoms with Gasteiger partial charge in [0, 0.05) is 11.5 Å². The zero-order valence-corrected chi connectivity index (χ0v) is 16.2. The minimum atomic E-state index is -0.881. The van der Waals surface area contributed by atoms with E-state index in [1.165, 1.54) is 16.2 Å². The van der Waals surface area contributed by atoms with E-state index in [-0.39, 0.29) is 24.3 Å². The largest absolute Gasteiger partial charge is 0.491 e. The summed E-state index contributed by atoms with van der Waals surface area (Å²) in [5, 5.41) is 10.3. The number of aliphatic hydroxyl groups is 1. The molecule has 2 N–H and O–H groups in total. The maximum Gasteiger partial charge on any atom is 0.329 e. The molecule has 0 amide bonds. The first-order chi connectivity index (χ1) is 11.9. The van der Waals surface area contributed by atoms with Crippen LogP contribution in [-0.4, -0.2) is 36.9 Å². The van der Waals surface area contributed by atoms with Gasteiger partial charge in [0.25, 0.3) is 5.56 Å². The Balaban J connectivity index is 1.81. The molecule has 8 nitrogen and oxygen atoms in total. The lowest BCUT2D eigenvalue weighted by Gasteiger charge is -2.14. The zero-order valence-electron chi connectivity index (χ0n) is 13.1. The number of nitrogens with one attached hydrogen (secondary N) is 1. The van der Waals surface area contributed by atoms with Crippen molar-refractivity contribution in [1.29, 1.82) is 0 Å². The van der Waals surface area contributed by atoms with E-state index >= 15 is 0 Å². The highest BCUT2D eigenvalue weighted by Crippen LogP contribution is 2.18. The van der Waals surface area contributed by atoms with Crippen LogP contribution in [0.1, 0.15) is 0 Å². The SMILES string of the molecule is Cn1c(=O)[nH]c(=O)c2c1nc(Br)n2C[C@@H](O)COc1ccc(Br)cc1. The summed E-state index contributed by atoms with van der Waals surface area (Å²) in [5.74, 6) is 0.622. The number of aromatic amines is 1. The summed E-state index contributed by atoms with van der Waals surface area (Å²) in [5.41, 5.74) is -0.663. The van der Waals surface area contributed by atoms with Gasteiger partial charge in [-0.3, -0.25) is 14.3 Å². The van der Waals surface area contributed by atoms with E-state index in [4.69, 9.17) is 4.74 Å². The van der Waals surface area contributed by atoms with Gasteiger partial charge in [0.1, 0.15) is 18.5 Å². The number of aromatic nitrogens is 4. The summed E-state index contributed by atoms with van der Waals surface area (Å²) in [6.07, 6.45) is -0.881. The van der Waals surface area contributed by atoms with Gasteiger partial charge in [-0.25, -0.2) is 9.78 Å². The van der Waals surface area contributed by atoms with Crippen LogP contribution in [0.5, 0.6) is 5.75 Å². The maximum atomic E-state index is 12.1. The van der Waals surface area contributed by atoms with Crippen molar-refractivity contribution in [3.63, 3.8) is 0 Å². The molecule has 132 valence electrons. The van der Waals surface area contributed by atoms with Crippen LogP contribution in [0.3, 0.4) is 0 Å². The highest BCUT2D eigenvalue weighted by atomic mass is 79.9. The van der Waals surface area contributed by atoms with Gasteiger partial charge >= 0.3 is 5.69 Å². The van der Waals surface area contributed by atoms with Gasteiger partial charge in [0.15, 0.2) is 15.9 Å². The molecule has 10 heteroatoms. The molecule has 1 aromatic carbocycles. The summed E-state index contributed by atoms with van der Waals surface area (Å²) in [4.78, 5) is 30.2. The van der Waals surface area contributed by atoms with Gasteiger partial charge in [0.2, 0.25) is 0 Å². The molecule has 0 bridgehead atoms. The minimum Gasteiger partial charge on any atom is -0.491 e. The molecule has 25 heavy (non-hydrogen) atoms. The van der Waals surface area contributed by atoms with Crippen molar-refractivity contribution >= 4 is 43.0 Å². The zero-order chi connectivity index (χ0) is 18.1. The second-order valence-electron chi connectivity index (χ2n) is 5.40. The lowest BCUT2D eigenvalue weighted by molar-refractivity contribution is 0.0928. The number of hydrogen-bond donors (Lipinski definition) is 2. The molecule has 0 aliphatic heterocycles. The second kappa shape index (κ2) is 7.14. The van der Waals surface area contributed by atoms with Gasteiger partial charge in [-0.1, -0.05) is 15.9 Å². The smallest absolute Gasteiger partial charge is 0.329 e. The number of benzene rings is 1. The van der Waals surface area contributed by atoms with Crippen LogP contribution in [0, 0.1) is 0 Å². The normalized spacial score (nSPS) is 12.5. The van der Waals surface area contributed by atoms with Crippen molar-refractivity contribution in [2.24, 2.45) is 7.05 Å². The molecule has 0 aliphatic carbocycles. The summed E-state index contributed by atoms with van der Waals surface area (Å²) in [7, 11) is 1.51. The van der Waals surface area contributed by atoms with Gasteiger partial charge in [0.05, 0.1) is 6.54 Å². The van der Waals surface area contributed by atoms with Crippen LogP contribution < -0.4 is 16.0 Å². The lowest BCUT2D eigenvalue weighted by atomic mass is 10.3. The second-order valence-corrected chi connectivity index (χ2v) is 7.03. The predicted octanol–water partition coefficient (Wildman–Crippen LogP) is 1.39. The van der Waals surface area contributed by atoms with E-state index < -0.39 is 17.4 Å². The Kier molecular flexibility index (Phi) is 5.11. The van der Waals surface area contributed by atoms with E-state index in [1.54, 1.807) is 12.1 Å². The predicted molar refractivity (Wildman–Crippen MR) is 98.9 cm³/mol. The number of hydrogen-bond acceptors (Lipinski definition) is 5. The highest BCUT2D eigenvalue weighted by Gasteiger charge is 2.18. The average Bonchev–Trinajstić information content (AvgIpc) is 2.89. The molecule has 2 heterocycles. The number of aryl methyl sites for hydroxylation is 1. The van der Waals surface area contributed by atoms with E-state index in [9.17, 15) is 14.7 Å². The molecule has 0 unspecified atom stereocenters. The standard InChI is InChI=1S/C15H14Br2N4O4/c1-20-12-11(13(23)19-15(20)24)21(14(17)18-12)6-9(22)7-25-10-4-2-8(16)3-5-10/h2-5,9,22H,6-7H2,1H3,(H,19,23,24)/t9-/m1/s1. The Morgan fingerprint density at radius 1 is 1.28 bits per heavy atom. The molecule has 0 aliphatic rings. The number of rotatable bonds is 5. The number of fused-ring (bicyclic) bond motifs is 1. The monoisotopic (exact) mass is 472 g/mol. The summed E-state index contributed by atoms with van der Waals surface area (Å²) in [6.45, 7) is 0.117. The van der Waals surface area contributed by atoms with Crippen molar-refractivity contribution in [3.05, 3.63) is 54.3 Å². The Labute approximate surface area is 158 Å². The summed E-state index contributed by atoms with van der Waals surface area (Å²) < 4.78 is 9.55. The van der Waals surface area contributed by atoms with E-state index in [1.807, 2.05) is 12.1 Å². The van der Waals surface area contributed by atoms with Gasteiger partial charge in [-0.15, -0.1) is 0 Å². The van der Waals surface area contributed by atoms with Crippen LogP contribution >= 0.6 is 31.9 Å². The molecule has 3 rings (SSSR count). The maximum absolute atomic E-state index is 12.1. The quantitative estimate of drug-likeness (QED) is 0.545. The van der Waals surface area contributed by atoms with Crippen LogP contribution in [0.25, 0.3) is 11.2 Å². The van der Waals surface area contributed by atoms with Crippen LogP contribution in [-0.2, 0) is 13.6 Å². The third-order valence-corrected chi connectivity index (χ3v) is 4.74. The Hall–Kier alpha value is -1.91. The van der Waals surface area contributed by atoms with Crippen LogP contribution in [0.15, 0.2) is 43.1 Å². The van der Waals surface area contributed by atoms with E-state index in [2.05, 4.69) is 41.8 Å². The molecule has 0 saturated heterocycles. The van der Waals surface area contributed by atoms with Gasteiger partial charge < -0.3 is 14.4 Å². The lowest BCUT2D eigenvalue weighted by Crippen LogP contribution is -2.30. The molecule has 0 radical (unpaired) electrons. The molecule has 1 atom stereocenters. The number of H-pyrrole nitrogens is 1. The first kappa shape index (κ1) is 17.9. The van der Waals surface area contributed by atoms with Crippen molar-refractivity contribution in [1.82, 2.24) is 19.1 Å². The Morgan fingerprint density at radius 2 is 1.96 bits per heavy atom. The van der Waals surface area contributed by atoms with Gasteiger partial charge in [-0.05, 0) is 40.2 Å². The molecule has 2 aromatic heterocycles. The van der Waals surface area contributed by atoms with Crippen LogP contribution in [0.4, 0.5) is 0 Å². The number of imidazole rings is 1. The summed E-state index contributed by atoms with van der Waals surface area (Å²) in [6, 6.07) is 7.23. The number of halogens is 2. The molecule has 0 spiro atoms. The third-order valence-electron chi connectivity index (χ3n) is 3.61. The first-order valence-electron chi connectivity index (χ1n) is 7.28. The van der Waals surface area contributed by atoms with E-state index in [0.29, 0.717) is 10.5 Å². The average molecular weight is 474 g/mol. The highest BCUT2D eigenvalue weighted by molar-refractivity contribution is 9.10. The molecule has 0 fully saturated rings. The first-order valence-corrected chi connectivity index (χ1v) is 8.87. The van der Waals surface area contributed by atoms with Crippen LogP contribution in [0.2, 0.25) is 0 Å². The van der Waals surface area contributed by atoms with Gasteiger partial charge in [-0.2, -0.15) is 0 Å². The minimum absolute atomic E-state index is 0.0391. The fraction of sp³-hybridized carbons (Fsp3) is 0.267. The molecule has 0 saturated carbocycles. The Morgan fingerprint density at radius 3 is 2.64 bits per heavy atom. The fourth-order valence-electron chi connectivity index (χ4n) is 2.36. The molecular formula is C15H14Br2N4O4. The molecule has 3 aromatic rings. The molecular weight excluding hydrogens is 460 g/mol. The van der Waals surface area contributed by atoms with Crippen molar-refractivity contribution in [2.45, 2.75) is 12.6 Å². The Bertz CT molecular complexity index is 1020. The van der Waals surface area contributed by atoms with Crippen molar-refractivity contribution < 1.29 is 9.84 Å². The topological polar surface area (TPSA) is 102 Å². The third kappa shape index (κ3) is 3.70. The van der Waals surface area contributed by atoms with E-state index in [0.717, 1.165) is 4.47 Å². The number of ether oxygens (including phenoxy) is 1. The van der Waals surface area contributed by atoms with Crippen molar-refractivity contribution in [2.75, 3.05) is 6.61 Å². The summed E-state index contributed by atoms with van der Waals surface area (Å²) >= 11 is 6.60. The fourth-order valence-corrected chi connectivity index (χ4v) is 3.12. The number of nitrogens with zero attached hydrogens (tertiary/aromatic N) is 3. The van der Waals surface area contributed by atoms with Crippen molar-refractivity contribution in [3.8, 4) is 5.75 Å².